The topological polar surface area (TPSA) is 21.3 Å². The number of aryl methyl sites for hydroxylation is 1. The van der Waals surface area contributed by atoms with Gasteiger partial charge in [-0.15, -0.1) is 0 Å². The fourth-order valence-electron chi connectivity index (χ4n) is 2.99. The lowest BCUT2D eigenvalue weighted by Gasteiger charge is -2.34. The molecule has 3 unspecified atom stereocenters. The Labute approximate surface area is 117 Å². The summed E-state index contributed by atoms with van der Waals surface area (Å²) in [6.07, 6.45) is 6.34. The standard InChI is InChI=1S/C17H27NO/c1-4-5-14-7-9-15(10-8-14)19-17-12-13(2)6-11-16(17)18-3/h7-10,13,16-18H,4-6,11-12H2,1-3H3. The van der Waals surface area contributed by atoms with Gasteiger partial charge in [-0.1, -0.05) is 32.4 Å². The van der Waals surface area contributed by atoms with Gasteiger partial charge in [0.05, 0.1) is 0 Å². The molecule has 19 heavy (non-hydrogen) atoms. The van der Waals surface area contributed by atoms with Crippen LogP contribution in [0.15, 0.2) is 24.3 Å². The molecule has 1 aliphatic carbocycles. The minimum Gasteiger partial charge on any atom is -0.489 e. The van der Waals surface area contributed by atoms with Crippen molar-refractivity contribution in [1.82, 2.24) is 5.32 Å². The number of likely N-dealkylation sites (N-methyl/N-ethyl adjacent to an activating group) is 1. The molecule has 0 aromatic heterocycles. The Morgan fingerprint density at radius 2 is 1.95 bits per heavy atom. The average Bonchev–Trinajstić information content (AvgIpc) is 2.42. The molecule has 0 bridgehead atoms. The molecule has 0 radical (unpaired) electrons. The van der Waals surface area contributed by atoms with Crippen molar-refractivity contribution in [3.8, 4) is 5.75 Å². The van der Waals surface area contributed by atoms with Crippen LogP contribution in [0.4, 0.5) is 0 Å². The highest BCUT2D eigenvalue weighted by molar-refractivity contribution is 5.27. The molecule has 1 aliphatic rings. The third kappa shape index (κ3) is 3.97. The van der Waals surface area contributed by atoms with Crippen molar-refractivity contribution in [1.29, 1.82) is 0 Å². The van der Waals surface area contributed by atoms with Crippen LogP contribution in [0.5, 0.6) is 5.75 Å². The molecule has 3 atom stereocenters. The zero-order valence-corrected chi connectivity index (χ0v) is 12.5. The molecule has 2 rings (SSSR count). The summed E-state index contributed by atoms with van der Waals surface area (Å²) in [5, 5.41) is 3.40. The van der Waals surface area contributed by atoms with Crippen LogP contribution in [0.25, 0.3) is 0 Å². The van der Waals surface area contributed by atoms with E-state index in [1.165, 1.54) is 24.8 Å². The van der Waals surface area contributed by atoms with E-state index in [0.717, 1.165) is 24.5 Å². The van der Waals surface area contributed by atoms with Gasteiger partial charge in [0, 0.05) is 6.04 Å². The van der Waals surface area contributed by atoms with Gasteiger partial charge in [0.15, 0.2) is 0 Å². The molecule has 2 nitrogen and oxygen atoms in total. The number of hydrogen-bond acceptors (Lipinski definition) is 2. The van der Waals surface area contributed by atoms with E-state index in [0.29, 0.717) is 12.1 Å². The van der Waals surface area contributed by atoms with Crippen molar-refractivity contribution < 1.29 is 4.74 Å². The van der Waals surface area contributed by atoms with Gasteiger partial charge in [0.1, 0.15) is 11.9 Å². The highest BCUT2D eigenvalue weighted by Gasteiger charge is 2.29. The lowest BCUT2D eigenvalue weighted by Crippen LogP contribution is -2.45. The molecule has 1 aromatic carbocycles. The van der Waals surface area contributed by atoms with Gasteiger partial charge in [0.25, 0.3) is 0 Å². The lowest BCUT2D eigenvalue weighted by molar-refractivity contribution is 0.0944. The van der Waals surface area contributed by atoms with Crippen LogP contribution >= 0.6 is 0 Å². The van der Waals surface area contributed by atoms with Crippen molar-refractivity contribution in [3.05, 3.63) is 29.8 Å². The van der Waals surface area contributed by atoms with E-state index in [-0.39, 0.29) is 0 Å². The van der Waals surface area contributed by atoms with Crippen LogP contribution in [0.1, 0.15) is 45.1 Å². The summed E-state index contributed by atoms with van der Waals surface area (Å²) in [7, 11) is 2.04. The maximum absolute atomic E-state index is 6.20. The Kier molecular flexibility index (Phi) is 5.26. The molecular formula is C17H27NO. The van der Waals surface area contributed by atoms with Crippen molar-refractivity contribution >= 4 is 0 Å². The van der Waals surface area contributed by atoms with Crippen LogP contribution in [0, 0.1) is 5.92 Å². The maximum Gasteiger partial charge on any atom is 0.119 e. The van der Waals surface area contributed by atoms with Crippen molar-refractivity contribution in [2.45, 2.75) is 58.1 Å². The SMILES string of the molecule is CCCc1ccc(OC2CC(C)CCC2NC)cc1. The van der Waals surface area contributed by atoms with Crippen molar-refractivity contribution in [2.24, 2.45) is 5.92 Å². The van der Waals surface area contributed by atoms with Crippen LogP contribution < -0.4 is 10.1 Å². The molecule has 2 heteroatoms. The highest BCUT2D eigenvalue weighted by Crippen LogP contribution is 2.28. The van der Waals surface area contributed by atoms with Crippen LogP contribution in [-0.2, 0) is 6.42 Å². The largest absolute Gasteiger partial charge is 0.489 e. The summed E-state index contributed by atoms with van der Waals surface area (Å²) >= 11 is 0. The van der Waals surface area contributed by atoms with E-state index in [4.69, 9.17) is 4.74 Å². The van der Waals surface area contributed by atoms with Gasteiger partial charge < -0.3 is 10.1 Å². The Balaban J connectivity index is 1.98. The van der Waals surface area contributed by atoms with E-state index in [2.05, 4.69) is 43.4 Å². The highest BCUT2D eigenvalue weighted by atomic mass is 16.5. The number of benzene rings is 1. The number of ether oxygens (including phenoxy) is 1. The van der Waals surface area contributed by atoms with Gasteiger partial charge in [-0.05, 0) is 56.3 Å². The molecule has 106 valence electrons. The molecule has 1 N–H and O–H groups in total. The first-order valence-electron chi connectivity index (χ1n) is 7.65. The Morgan fingerprint density at radius 3 is 2.58 bits per heavy atom. The van der Waals surface area contributed by atoms with Gasteiger partial charge in [-0.2, -0.15) is 0 Å². The lowest BCUT2D eigenvalue weighted by atomic mass is 9.85. The molecule has 0 heterocycles. The Hall–Kier alpha value is -1.02. The minimum absolute atomic E-state index is 0.311. The van der Waals surface area contributed by atoms with Crippen molar-refractivity contribution in [3.63, 3.8) is 0 Å². The number of rotatable bonds is 5. The summed E-state index contributed by atoms with van der Waals surface area (Å²) in [6, 6.07) is 9.12. The number of hydrogen-bond donors (Lipinski definition) is 1. The smallest absolute Gasteiger partial charge is 0.119 e. The summed E-state index contributed by atoms with van der Waals surface area (Å²) in [6.45, 7) is 4.54. The van der Waals surface area contributed by atoms with Crippen LogP contribution in [-0.4, -0.2) is 19.2 Å². The second-order valence-electron chi connectivity index (χ2n) is 5.86. The monoisotopic (exact) mass is 261 g/mol. The van der Waals surface area contributed by atoms with E-state index in [1.54, 1.807) is 0 Å². The first-order chi connectivity index (χ1) is 9.22. The summed E-state index contributed by atoms with van der Waals surface area (Å²) in [5.41, 5.74) is 1.40. The van der Waals surface area contributed by atoms with Gasteiger partial charge in [0.2, 0.25) is 0 Å². The Morgan fingerprint density at radius 1 is 1.21 bits per heavy atom. The first kappa shape index (κ1) is 14.4. The van der Waals surface area contributed by atoms with Gasteiger partial charge >= 0.3 is 0 Å². The quantitative estimate of drug-likeness (QED) is 0.870. The molecule has 0 saturated heterocycles. The minimum atomic E-state index is 0.311. The maximum atomic E-state index is 6.20. The fraction of sp³-hybridized carbons (Fsp3) is 0.647. The molecular weight excluding hydrogens is 234 g/mol. The average molecular weight is 261 g/mol. The van der Waals surface area contributed by atoms with E-state index in [1.807, 2.05) is 7.05 Å². The summed E-state index contributed by atoms with van der Waals surface area (Å²) in [5.74, 6) is 1.79. The third-order valence-corrected chi connectivity index (χ3v) is 4.17. The Bertz CT molecular complexity index is 373. The molecule has 0 aliphatic heterocycles. The van der Waals surface area contributed by atoms with Crippen LogP contribution in [0.3, 0.4) is 0 Å². The predicted octanol–water partition coefficient (Wildman–Crippen LogP) is 3.79. The number of nitrogens with one attached hydrogen (secondary N) is 1. The van der Waals surface area contributed by atoms with Crippen molar-refractivity contribution in [2.75, 3.05) is 7.05 Å². The van der Waals surface area contributed by atoms with Crippen LogP contribution in [0.2, 0.25) is 0 Å². The zero-order chi connectivity index (χ0) is 13.7. The van der Waals surface area contributed by atoms with E-state index in [9.17, 15) is 0 Å². The molecule has 1 aromatic rings. The summed E-state index contributed by atoms with van der Waals surface area (Å²) in [4.78, 5) is 0. The summed E-state index contributed by atoms with van der Waals surface area (Å²) < 4.78 is 6.20. The second kappa shape index (κ2) is 6.95. The fourth-order valence-corrected chi connectivity index (χ4v) is 2.99. The molecule has 1 fully saturated rings. The van der Waals surface area contributed by atoms with Gasteiger partial charge in [-0.25, -0.2) is 0 Å². The molecule has 0 amide bonds. The van der Waals surface area contributed by atoms with E-state index < -0.39 is 0 Å². The zero-order valence-electron chi connectivity index (χ0n) is 12.5. The normalized spacial score (nSPS) is 27.2. The van der Waals surface area contributed by atoms with Gasteiger partial charge in [-0.3, -0.25) is 0 Å². The molecule has 1 saturated carbocycles. The molecule has 0 spiro atoms. The first-order valence-corrected chi connectivity index (χ1v) is 7.65. The van der Waals surface area contributed by atoms with E-state index >= 15 is 0 Å². The second-order valence-corrected chi connectivity index (χ2v) is 5.86. The third-order valence-electron chi connectivity index (χ3n) is 4.17. The predicted molar refractivity (Wildman–Crippen MR) is 80.7 cm³/mol.